The minimum absolute atomic E-state index is 1.03. The Labute approximate surface area is 100 Å². The van der Waals surface area contributed by atoms with E-state index in [-0.39, 0.29) is 0 Å². The molecule has 1 heterocycles. The quantitative estimate of drug-likeness (QED) is 0.739. The predicted octanol–water partition coefficient (Wildman–Crippen LogP) is 2.82. The molecule has 0 spiro atoms. The van der Waals surface area contributed by atoms with Gasteiger partial charge in [-0.05, 0) is 48.3 Å². The fourth-order valence-corrected chi connectivity index (χ4v) is 1.79. The Morgan fingerprint density at radius 3 is 2.87 bits per heavy atom. The molecular formula is C11H20BrN3. The molecule has 4 heteroatoms. The van der Waals surface area contributed by atoms with Crippen LogP contribution >= 0.6 is 15.9 Å². The molecular weight excluding hydrogens is 254 g/mol. The Morgan fingerprint density at radius 1 is 1.33 bits per heavy atom. The second-order valence-electron chi connectivity index (χ2n) is 3.73. The molecule has 1 N–H and O–H groups in total. The molecule has 0 fully saturated rings. The van der Waals surface area contributed by atoms with Crippen LogP contribution in [0.5, 0.6) is 0 Å². The number of aromatic nitrogens is 2. The summed E-state index contributed by atoms with van der Waals surface area (Å²) >= 11 is 3.39. The van der Waals surface area contributed by atoms with E-state index in [0.717, 1.165) is 24.1 Å². The first-order chi connectivity index (χ1) is 7.33. The van der Waals surface area contributed by atoms with Crippen LogP contribution in [0.1, 0.15) is 32.6 Å². The van der Waals surface area contributed by atoms with E-state index >= 15 is 0 Å². The van der Waals surface area contributed by atoms with Gasteiger partial charge < -0.3 is 5.32 Å². The Balaban J connectivity index is 1.93. The van der Waals surface area contributed by atoms with Gasteiger partial charge in [0.1, 0.15) is 0 Å². The summed E-state index contributed by atoms with van der Waals surface area (Å²) in [5.41, 5.74) is 0. The summed E-state index contributed by atoms with van der Waals surface area (Å²) in [5.74, 6) is 0. The van der Waals surface area contributed by atoms with E-state index in [2.05, 4.69) is 33.3 Å². The van der Waals surface area contributed by atoms with Crippen LogP contribution in [0.2, 0.25) is 0 Å². The molecule has 0 aliphatic heterocycles. The van der Waals surface area contributed by atoms with Gasteiger partial charge >= 0.3 is 0 Å². The van der Waals surface area contributed by atoms with Crippen molar-refractivity contribution in [3.63, 3.8) is 0 Å². The molecule has 0 aliphatic rings. The summed E-state index contributed by atoms with van der Waals surface area (Å²) in [7, 11) is 0. The average molecular weight is 274 g/mol. The molecule has 0 atom stereocenters. The number of nitrogens with one attached hydrogen (secondary N) is 1. The number of halogens is 1. The molecule has 1 aromatic rings. The molecule has 0 radical (unpaired) electrons. The summed E-state index contributed by atoms with van der Waals surface area (Å²) in [5, 5.41) is 7.63. The fraction of sp³-hybridized carbons (Fsp3) is 0.727. The van der Waals surface area contributed by atoms with Gasteiger partial charge in [-0.2, -0.15) is 5.10 Å². The standard InChI is InChI=1S/C11H20BrN3/c1-2-6-13-7-4-3-5-8-15-10-11(12)9-14-15/h9-10,13H,2-8H2,1H3. The van der Waals surface area contributed by atoms with Crippen molar-refractivity contribution in [2.24, 2.45) is 0 Å². The van der Waals surface area contributed by atoms with Crippen LogP contribution in [0.25, 0.3) is 0 Å². The maximum atomic E-state index is 4.22. The third-order valence-corrected chi connectivity index (χ3v) is 2.68. The van der Waals surface area contributed by atoms with Gasteiger partial charge in [0.2, 0.25) is 0 Å². The first-order valence-electron chi connectivity index (χ1n) is 5.71. The first-order valence-corrected chi connectivity index (χ1v) is 6.51. The van der Waals surface area contributed by atoms with Gasteiger partial charge in [0.05, 0.1) is 10.7 Å². The minimum atomic E-state index is 1.03. The SMILES string of the molecule is CCCNCCCCCn1cc(Br)cn1. The normalized spacial score (nSPS) is 10.8. The van der Waals surface area contributed by atoms with Crippen molar-refractivity contribution in [1.29, 1.82) is 0 Å². The van der Waals surface area contributed by atoms with E-state index in [4.69, 9.17) is 0 Å². The second-order valence-corrected chi connectivity index (χ2v) is 4.65. The molecule has 0 aliphatic carbocycles. The highest BCUT2D eigenvalue weighted by atomic mass is 79.9. The molecule has 3 nitrogen and oxygen atoms in total. The van der Waals surface area contributed by atoms with Gasteiger partial charge in [-0.1, -0.05) is 13.3 Å². The van der Waals surface area contributed by atoms with Crippen molar-refractivity contribution in [2.45, 2.75) is 39.2 Å². The lowest BCUT2D eigenvalue weighted by molar-refractivity contribution is 0.529. The van der Waals surface area contributed by atoms with Crippen molar-refractivity contribution in [3.05, 3.63) is 16.9 Å². The molecule has 1 aromatic heterocycles. The lowest BCUT2D eigenvalue weighted by Gasteiger charge is -2.03. The Kier molecular flexibility index (Phi) is 6.68. The highest BCUT2D eigenvalue weighted by Crippen LogP contribution is 2.07. The summed E-state index contributed by atoms with van der Waals surface area (Å²) in [6, 6.07) is 0. The molecule has 1 rings (SSSR count). The van der Waals surface area contributed by atoms with E-state index in [9.17, 15) is 0 Å². The second kappa shape index (κ2) is 7.88. The van der Waals surface area contributed by atoms with Gasteiger partial charge in [0, 0.05) is 12.7 Å². The smallest absolute Gasteiger partial charge is 0.0632 e. The van der Waals surface area contributed by atoms with Crippen molar-refractivity contribution >= 4 is 15.9 Å². The van der Waals surface area contributed by atoms with Gasteiger partial charge in [-0.3, -0.25) is 4.68 Å². The third kappa shape index (κ3) is 5.95. The average Bonchev–Trinajstić information content (AvgIpc) is 2.63. The first kappa shape index (κ1) is 12.7. The zero-order valence-corrected chi connectivity index (χ0v) is 11.0. The minimum Gasteiger partial charge on any atom is -0.317 e. The molecule has 0 saturated heterocycles. The zero-order valence-electron chi connectivity index (χ0n) is 9.38. The highest BCUT2D eigenvalue weighted by molar-refractivity contribution is 9.10. The summed E-state index contributed by atoms with van der Waals surface area (Å²) in [6.07, 6.45) is 8.83. The monoisotopic (exact) mass is 273 g/mol. The maximum absolute atomic E-state index is 4.22. The highest BCUT2D eigenvalue weighted by Gasteiger charge is 1.94. The Morgan fingerprint density at radius 2 is 2.20 bits per heavy atom. The van der Waals surface area contributed by atoms with Gasteiger partial charge in [0.15, 0.2) is 0 Å². The van der Waals surface area contributed by atoms with Crippen LogP contribution in [-0.4, -0.2) is 22.9 Å². The van der Waals surface area contributed by atoms with E-state index in [1.165, 1.54) is 25.7 Å². The zero-order chi connectivity index (χ0) is 10.9. The van der Waals surface area contributed by atoms with Crippen LogP contribution < -0.4 is 5.32 Å². The summed E-state index contributed by atoms with van der Waals surface area (Å²) < 4.78 is 3.05. The van der Waals surface area contributed by atoms with Crippen LogP contribution in [0.4, 0.5) is 0 Å². The van der Waals surface area contributed by atoms with Crippen LogP contribution in [0, 0.1) is 0 Å². The molecule has 0 aromatic carbocycles. The number of hydrogen-bond acceptors (Lipinski definition) is 2. The number of hydrogen-bond donors (Lipinski definition) is 1. The molecule has 0 amide bonds. The maximum Gasteiger partial charge on any atom is 0.0632 e. The Hall–Kier alpha value is -0.350. The third-order valence-electron chi connectivity index (χ3n) is 2.27. The summed E-state index contributed by atoms with van der Waals surface area (Å²) in [4.78, 5) is 0. The topological polar surface area (TPSA) is 29.9 Å². The van der Waals surface area contributed by atoms with Crippen molar-refractivity contribution in [3.8, 4) is 0 Å². The van der Waals surface area contributed by atoms with E-state index in [1.807, 2.05) is 17.1 Å². The fourth-order valence-electron chi connectivity index (χ4n) is 1.46. The molecule has 0 saturated carbocycles. The lowest BCUT2D eigenvalue weighted by atomic mass is 10.2. The number of rotatable bonds is 8. The van der Waals surface area contributed by atoms with Gasteiger partial charge in [-0.25, -0.2) is 0 Å². The van der Waals surface area contributed by atoms with Crippen LogP contribution in [0.15, 0.2) is 16.9 Å². The van der Waals surface area contributed by atoms with E-state index < -0.39 is 0 Å². The number of nitrogens with zero attached hydrogens (tertiary/aromatic N) is 2. The summed E-state index contributed by atoms with van der Waals surface area (Å²) in [6.45, 7) is 5.52. The van der Waals surface area contributed by atoms with Crippen LogP contribution in [-0.2, 0) is 6.54 Å². The van der Waals surface area contributed by atoms with Crippen molar-refractivity contribution in [1.82, 2.24) is 15.1 Å². The predicted molar refractivity (Wildman–Crippen MR) is 66.9 cm³/mol. The molecule has 86 valence electrons. The Bertz CT molecular complexity index is 260. The largest absolute Gasteiger partial charge is 0.317 e. The lowest BCUT2D eigenvalue weighted by Crippen LogP contribution is -2.15. The van der Waals surface area contributed by atoms with E-state index in [1.54, 1.807) is 0 Å². The van der Waals surface area contributed by atoms with Crippen molar-refractivity contribution < 1.29 is 0 Å². The van der Waals surface area contributed by atoms with Gasteiger partial charge in [0.25, 0.3) is 0 Å². The van der Waals surface area contributed by atoms with Crippen LogP contribution in [0.3, 0.4) is 0 Å². The number of unbranched alkanes of at least 4 members (excludes halogenated alkanes) is 2. The number of aryl methyl sites for hydroxylation is 1. The van der Waals surface area contributed by atoms with Gasteiger partial charge in [-0.15, -0.1) is 0 Å². The van der Waals surface area contributed by atoms with E-state index in [0.29, 0.717) is 0 Å². The molecule has 0 bridgehead atoms. The molecule has 0 unspecified atom stereocenters. The van der Waals surface area contributed by atoms with Crippen molar-refractivity contribution in [2.75, 3.05) is 13.1 Å². The molecule has 15 heavy (non-hydrogen) atoms.